The van der Waals surface area contributed by atoms with Gasteiger partial charge in [-0.05, 0) is 48.4 Å². The summed E-state index contributed by atoms with van der Waals surface area (Å²) >= 11 is 0. The van der Waals surface area contributed by atoms with Gasteiger partial charge in [0, 0.05) is 24.8 Å². The van der Waals surface area contributed by atoms with Crippen molar-refractivity contribution in [3.05, 3.63) is 59.9 Å². The molecule has 2 aromatic rings. The topological polar surface area (TPSA) is 95.9 Å². The van der Waals surface area contributed by atoms with Crippen molar-refractivity contribution in [2.75, 3.05) is 12.9 Å². The van der Waals surface area contributed by atoms with Gasteiger partial charge < -0.3 is 20.3 Å². The van der Waals surface area contributed by atoms with Crippen LogP contribution in [-0.2, 0) is 16.4 Å². The summed E-state index contributed by atoms with van der Waals surface area (Å²) in [7, 11) is -3.26. The Labute approximate surface area is 163 Å². The summed E-state index contributed by atoms with van der Waals surface area (Å²) < 4.78 is 41.6. The number of nitrogens with one attached hydrogen (secondary N) is 1. The lowest BCUT2D eigenvalue weighted by Crippen LogP contribution is -2.39. The molecule has 0 heterocycles. The van der Waals surface area contributed by atoms with E-state index in [0.29, 0.717) is 18.7 Å². The predicted octanol–water partition coefficient (Wildman–Crippen LogP) is 1.51. The first-order valence-electron chi connectivity index (χ1n) is 9.01. The molecular weight excluding hydrogens is 385 g/mol. The maximum absolute atomic E-state index is 13.0. The van der Waals surface area contributed by atoms with Crippen LogP contribution in [0, 0.1) is 11.7 Å². The first-order chi connectivity index (χ1) is 13.2. The van der Waals surface area contributed by atoms with E-state index in [2.05, 4.69) is 5.32 Å². The fraction of sp³-hybridized carbons (Fsp3) is 0.400. The van der Waals surface area contributed by atoms with Crippen molar-refractivity contribution in [2.24, 2.45) is 5.92 Å². The molecule has 0 radical (unpaired) electrons. The van der Waals surface area contributed by atoms with Crippen LogP contribution in [0.15, 0.2) is 53.4 Å². The lowest BCUT2D eigenvalue weighted by atomic mass is 10.1. The van der Waals surface area contributed by atoms with Crippen molar-refractivity contribution in [1.82, 2.24) is 5.32 Å². The van der Waals surface area contributed by atoms with Crippen LogP contribution in [0.25, 0.3) is 0 Å². The number of benzene rings is 2. The van der Waals surface area contributed by atoms with Crippen molar-refractivity contribution < 1.29 is 27.8 Å². The Balaban J connectivity index is 1.53. The van der Waals surface area contributed by atoms with Crippen LogP contribution in [0.4, 0.5) is 4.39 Å². The molecule has 0 aliphatic heterocycles. The Hall–Kier alpha value is -2.00. The van der Waals surface area contributed by atoms with Gasteiger partial charge in [0.15, 0.2) is 9.84 Å². The van der Waals surface area contributed by atoms with Gasteiger partial charge in [-0.15, -0.1) is 0 Å². The molecule has 8 heteroatoms. The fourth-order valence-electron chi connectivity index (χ4n) is 3.33. The average molecular weight is 409 g/mol. The molecule has 4 atom stereocenters. The van der Waals surface area contributed by atoms with Crippen LogP contribution in [0.5, 0.6) is 5.75 Å². The summed E-state index contributed by atoms with van der Waals surface area (Å²) in [5, 5.41) is 23.8. The van der Waals surface area contributed by atoms with Crippen LogP contribution in [0.3, 0.4) is 0 Å². The highest BCUT2D eigenvalue weighted by atomic mass is 32.2. The molecule has 0 aromatic heterocycles. The normalized spacial score (nSPS) is 25.0. The zero-order valence-corrected chi connectivity index (χ0v) is 16.3. The van der Waals surface area contributed by atoms with Gasteiger partial charge in [0.05, 0.1) is 23.7 Å². The summed E-state index contributed by atoms with van der Waals surface area (Å²) in [4.78, 5) is 0.209. The summed E-state index contributed by atoms with van der Waals surface area (Å²) in [6.45, 7) is 0.653. The molecule has 0 bridgehead atoms. The molecule has 0 saturated heterocycles. The molecule has 152 valence electrons. The molecular formula is C20H24FNO5S. The van der Waals surface area contributed by atoms with Crippen LogP contribution < -0.4 is 10.1 Å². The number of hydrogen-bond acceptors (Lipinski definition) is 6. The van der Waals surface area contributed by atoms with Crippen molar-refractivity contribution in [2.45, 2.75) is 36.1 Å². The first kappa shape index (κ1) is 20.7. The van der Waals surface area contributed by atoms with Gasteiger partial charge in [0.2, 0.25) is 0 Å². The minimum Gasteiger partial charge on any atom is -0.493 e. The molecule has 3 N–H and O–H groups in total. The Morgan fingerprint density at radius 2 is 1.71 bits per heavy atom. The third-order valence-electron chi connectivity index (χ3n) is 5.00. The summed E-state index contributed by atoms with van der Waals surface area (Å²) in [6, 6.07) is 11.9. The minimum absolute atomic E-state index is 0.200. The molecule has 4 unspecified atom stereocenters. The van der Waals surface area contributed by atoms with E-state index in [0.717, 1.165) is 11.8 Å². The number of hydrogen-bond donors (Lipinski definition) is 3. The highest BCUT2D eigenvalue weighted by Crippen LogP contribution is 2.28. The van der Waals surface area contributed by atoms with Gasteiger partial charge in [0.25, 0.3) is 0 Å². The van der Waals surface area contributed by atoms with Crippen molar-refractivity contribution >= 4 is 9.84 Å². The molecule has 1 aliphatic carbocycles. The SMILES string of the molecule is CS(=O)(=O)c1ccc(OCC2CC(NCc3ccc(F)cc3)C(O)C2O)cc1. The third kappa shape index (κ3) is 5.08. The molecule has 1 fully saturated rings. The zero-order chi connectivity index (χ0) is 20.3. The summed E-state index contributed by atoms with van der Waals surface area (Å²) in [5.74, 6) is -0.0750. The van der Waals surface area contributed by atoms with E-state index < -0.39 is 22.0 Å². The van der Waals surface area contributed by atoms with E-state index in [1.54, 1.807) is 24.3 Å². The van der Waals surface area contributed by atoms with Crippen molar-refractivity contribution in [3.63, 3.8) is 0 Å². The van der Waals surface area contributed by atoms with Crippen molar-refractivity contribution in [1.29, 1.82) is 0 Å². The van der Waals surface area contributed by atoms with E-state index in [4.69, 9.17) is 4.74 Å². The molecule has 2 aromatic carbocycles. The Morgan fingerprint density at radius 3 is 2.32 bits per heavy atom. The lowest BCUT2D eigenvalue weighted by Gasteiger charge is -2.18. The Kier molecular flexibility index (Phi) is 6.34. The molecule has 0 amide bonds. The predicted molar refractivity (Wildman–Crippen MR) is 102 cm³/mol. The van der Waals surface area contributed by atoms with E-state index >= 15 is 0 Å². The molecule has 0 spiro atoms. The van der Waals surface area contributed by atoms with Gasteiger partial charge in [-0.2, -0.15) is 0 Å². The monoisotopic (exact) mass is 409 g/mol. The highest BCUT2D eigenvalue weighted by Gasteiger charge is 2.41. The summed E-state index contributed by atoms with van der Waals surface area (Å²) in [6.07, 6.45) is -0.203. The maximum atomic E-state index is 13.0. The van der Waals surface area contributed by atoms with E-state index in [1.807, 2.05) is 0 Å². The Bertz CT molecular complexity index is 886. The largest absolute Gasteiger partial charge is 0.493 e. The fourth-order valence-corrected chi connectivity index (χ4v) is 3.96. The molecule has 1 aliphatic rings. The van der Waals surface area contributed by atoms with Crippen molar-refractivity contribution in [3.8, 4) is 5.75 Å². The number of sulfone groups is 1. The van der Waals surface area contributed by atoms with Crippen LogP contribution in [-0.4, -0.2) is 49.7 Å². The standard InChI is InChI=1S/C20H24FNO5S/c1-28(25,26)17-8-6-16(7-9-17)27-12-14-10-18(20(24)19(14)23)22-11-13-2-4-15(21)5-3-13/h2-9,14,18-20,22-24H,10-12H2,1H3. The van der Waals surface area contributed by atoms with E-state index in [-0.39, 0.29) is 29.3 Å². The second-order valence-corrected chi connectivity index (χ2v) is 9.16. The van der Waals surface area contributed by atoms with Gasteiger partial charge in [0.1, 0.15) is 11.6 Å². The molecule has 3 rings (SSSR count). The van der Waals surface area contributed by atoms with Gasteiger partial charge in [-0.3, -0.25) is 0 Å². The third-order valence-corrected chi connectivity index (χ3v) is 6.13. The van der Waals surface area contributed by atoms with Gasteiger partial charge >= 0.3 is 0 Å². The number of rotatable bonds is 7. The van der Waals surface area contributed by atoms with Crippen LogP contribution in [0.2, 0.25) is 0 Å². The average Bonchev–Trinajstić information content (AvgIpc) is 2.93. The number of aliphatic hydroxyl groups excluding tert-OH is 2. The van der Waals surface area contributed by atoms with E-state index in [1.165, 1.54) is 24.3 Å². The Morgan fingerprint density at radius 1 is 1.07 bits per heavy atom. The van der Waals surface area contributed by atoms with Gasteiger partial charge in [-0.1, -0.05) is 12.1 Å². The number of aliphatic hydroxyl groups is 2. The summed E-state index contributed by atoms with van der Waals surface area (Å²) in [5.41, 5.74) is 0.883. The van der Waals surface area contributed by atoms with Crippen LogP contribution in [0.1, 0.15) is 12.0 Å². The quantitative estimate of drug-likeness (QED) is 0.642. The smallest absolute Gasteiger partial charge is 0.175 e. The maximum Gasteiger partial charge on any atom is 0.175 e. The van der Waals surface area contributed by atoms with E-state index in [9.17, 15) is 23.0 Å². The number of ether oxygens (including phenoxy) is 1. The molecule has 1 saturated carbocycles. The first-order valence-corrected chi connectivity index (χ1v) is 10.9. The second kappa shape index (κ2) is 8.57. The number of halogens is 1. The van der Waals surface area contributed by atoms with Crippen LogP contribution >= 0.6 is 0 Å². The highest BCUT2D eigenvalue weighted by molar-refractivity contribution is 7.90. The minimum atomic E-state index is -3.26. The zero-order valence-electron chi connectivity index (χ0n) is 15.5. The van der Waals surface area contributed by atoms with Gasteiger partial charge in [-0.25, -0.2) is 12.8 Å². The second-order valence-electron chi connectivity index (χ2n) is 7.15. The molecule has 6 nitrogen and oxygen atoms in total. The lowest BCUT2D eigenvalue weighted by molar-refractivity contribution is 0.00207. The molecule has 28 heavy (non-hydrogen) atoms.